The van der Waals surface area contributed by atoms with E-state index in [4.69, 9.17) is 5.26 Å². The Labute approximate surface area is 174 Å². The fourth-order valence-electron chi connectivity index (χ4n) is 3.86. The standard InChI is InChI=1S/C23H25Br2N/c1-22(2)11-12-23(3,4)19-13-17(9-10-18(19)22)21(25)20(24)16-7-5-15(14-26)6-8-16/h5-10,13,20-21H,11-12H2,1-4H3. The topological polar surface area (TPSA) is 23.8 Å². The largest absolute Gasteiger partial charge is 0.192 e. The van der Waals surface area contributed by atoms with Crippen molar-refractivity contribution in [1.29, 1.82) is 5.26 Å². The van der Waals surface area contributed by atoms with Crippen LogP contribution in [0.4, 0.5) is 0 Å². The molecule has 1 nitrogen and oxygen atoms in total. The summed E-state index contributed by atoms with van der Waals surface area (Å²) in [5, 5.41) is 8.99. The Morgan fingerprint density at radius 3 is 1.88 bits per heavy atom. The first kappa shape index (κ1) is 19.6. The van der Waals surface area contributed by atoms with Crippen LogP contribution in [0.15, 0.2) is 42.5 Å². The number of fused-ring (bicyclic) bond motifs is 1. The first-order valence-corrected chi connectivity index (χ1v) is 10.9. The second-order valence-corrected chi connectivity index (χ2v) is 10.6. The molecule has 0 aliphatic heterocycles. The van der Waals surface area contributed by atoms with E-state index in [1.807, 2.05) is 24.3 Å². The Hall–Kier alpha value is -1.11. The quantitative estimate of drug-likeness (QED) is 0.423. The van der Waals surface area contributed by atoms with Gasteiger partial charge in [-0.1, -0.05) is 89.9 Å². The molecule has 0 saturated heterocycles. The van der Waals surface area contributed by atoms with Gasteiger partial charge in [0.25, 0.3) is 0 Å². The molecule has 0 heterocycles. The molecule has 2 unspecified atom stereocenters. The average Bonchev–Trinajstić information content (AvgIpc) is 2.64. The summed E-state index contributed by atoms with van der Waals surface area (Å²) in [7, 11) is 0. The fourth-order valence-corrected chi connectivity index (χ4v) is 5.06. The van der Waals surface area contributed by atoms with E-state index in [0.717, 1.165) is 0 Å². The van der Waals surface area contributed by atoms with Gasteiger partial charge in [0, 0.05) is 0 Å². The van der Waals surface area contributed by atoms with Gasteiger partial charge >= 0.3 is 0 Å². The molecule has 0 bridgehead atoms. The highest BCUT2D eigenvalue weighted by Gasteiger charge is 2.37. The molecule has 2 aromatic carbocycles. The average molecular weight is 475 g/mol. The normalized spacial score (nSPS) is 19.9. The van der Waals surface area contributed by atoms with Crippen molar-refractivity contribution in [3.63, 3.8) is 0 Å². The minimum Gasteiger partial charge on any atom is -0.192 e. The van der Waals surface area contributed by atoms with E-state index in [-0.39, 0.29) is 20.5 Å². The van der Waals surface area contributed by atoms with E-state index in [9.17, 15) is 0 Å². The molecule has 0 amide bonds. The summed E-state index contributed by atoms with van der Waals surface area (Å²) in [5.41, 5.74) is 6.58. The summed E-state index contributed by atoms with van der Waals surface area (Å²) in [6.45, 7) is 9.44. The van der Waals surface area contributed by atoms with Gasteiger partial charge in [-0.3, -0.25) is 0 Å². The van der Waals surface area contributed by atoms with E-state index < -0.39 is 0 Å². The van der Waals surface area contributed by atoms with Gasteiger partial charge in [0.2, 0.25) is 0 Å². The van der Waals surface area contributed by atoms with Crippen molar-refractivity contribution in [3.8, 4) is 6.07 Å². The van der Waals surface area contributed by atoms with E-state index in [2.05, 4.69) is 83.8 Å². The van der Waals surface area contributed by atoms with Gasteiger partial charge in [0.1, 0.15) is 0 Å². The maximum Gasteiger partial charge on any atom is 0.0991 e. The van der Waals surface area contributed by atoms with Crippen LogP contribution >= 0.6 is 31.9 Å². The second kappa shape index (κ2) is 7.13. The molecule has 1 aliphatic rings. The second-order valence-electron chi connectivity index (χ2n) is 8.61. The molecule has 3 heteroatoms. The third-order valence-corrected chi connectivity index (χ3v) is 8.63. The predicted molar refractivity (Wildman–Crippen MR) is 116 cm³/mol. The van der Waals surface area contributed by atoms with E-state index in [1.54, 1.807) is 0 Å². The summed E-state index contributed by atoms with van der Waals surface area (Å²) < 4.78 is 0. The molecule has 3 rings (SSSR count). The minimum atomic E-state index is 0.146. The van der Waals surface area contributed by atoms with Crippen LogP contribution in [0.1, 0.15) is 78.0 Å². The van der Waals surface area contributed by atoms with Crippen LogP contribution in [0.25, 0.3) is 0 Å². The van der Waals surface area contributed by atoms with E-state index in [1.165, 1.54) is 35.1 Å². The highest BCUT2D eigenvalue weighted by Crippen LogP contribution is 2.49. The number of halogens is 2. The van der Waals surface area contributed by atoms with Gasteiger partial charge in [-0.15, -0.1) is 0 Å². The number of hydrogen-bond donors (Lipinski definition) is 0. The molecule has 136 valence electrons. The van der Waals surface area contributed by atoms with Crippen LogP contribution in [0, 0.1) is 11.3 Å². The molecule has 2 atom stereocenters. The van der Waals surface area contributed by atoms with Crippen molar-refractivity contribution in [2.45, 2.75) is 61.0 Å². The highest BCUT2D eigenvalue weighted by atomic mass is 79.9. The lowest BCUT2D eigenvalue weighted by Gasteiger charge is -2.42. The molecule has 0 fully saturated rings. The van der Waals surface area contributed by atoms with E-state index >= 15 is 0 Å². The van der Waals surface area contributed by atoms with Gasteiger partial charge < -0.3 is 0 Å². The predicted octanol–water partition coefficient (Wildman–Crippen LogP) is 7.48. The third-order valence-electron chi connectivity index (χ3n) is 5.81. The summed E-state index contributed by atoms with van der Waals surface area (Å²) >= 11 is 7.76. The van der Waals surface area contributed by atoms with Crippen molar-refractivity contribution < 1.29 is 0 Å². The summed E-state index contributed by atoms with van der Waals surface area (Å²) in [6, 6.07) is 17.0. The van der Waals surface area contributed by atoms with Crippen LogP contribution in [-0.2, 0) is 10.8 Å². The van der Waals surface area contributed by atoms with Crippen LogP contribution in [-0.4, -0.2) is 0 Å². The van der Waals surface area contributed by atoms with Crippen molar-refractivity contribution >= 4 is 31.9 Å². The van der Waals surface area contributed by atoms with Crippen LogP contribution in [0.2, 0.25) is 0 Å². The number of nitriles is 1. The van der Waals surface area contributed by atoms with Gasteiger partial charge in [-0.2, -0.15) is 5.26 Å². The SMILES string of the molecule is CC1(C)CCC(C)(C)c2cc(C(Br)C(Br)c3ccc(C#N)cc3)ccc21. The zero-order valence-electron chi connectivity index (χ0n) is 15.8. The Morgan fingerprint density at radius 1 is 0.808 bits per heavy atom. The van der Waals surface area contributed by atoms with Crippen molar-refractivity contribution in [3.05, 3.63) is 70.3 Å². The van der Waals surface area contributed by atoms with Crippen LogP contribution in [0.3, 0.4) is 0 Å². The van der Waals surface area contributed by atoms with Gasteiger partial charge in [0.15, 0.2) is 0 Å². The Bertz CT molecular complexity index is 844. The van der Waals surface area contributed by atoms with Gasteiger partial charge in [-0.25, -0.2) is 0 Å². The molecule has 26 heavy (non-hydrogen) atoms. The number of hydrogen-bond acceptors (Lipinski definition) is 1. The Kier molecular flexibility index (Phi) is 5.39. The van der Waals surface area contributed by atoms with Gasteiger partial charge in [0.05, 0.1) is 21.3 Å². The summed E-state index contributed by atoms with van der Waals surface area (Å²) in [4.78, 5) is 0.314. The first-order valence-electron chi connectivity index (χ1n) is 9.09. The van der Waals surface area contributed by atoms with Crippen LogP contribution < -0.4 is 0 Å². The molecule has 0 saturated carbocycles. The van der Waals surface area contributed by atoms with Gasteiger partial charge in [-0.05, 0) is 58.1 Å². The lowest BCUT2D eigenvalue weighted by molar-refractivity contribution is 0.331. The molecule has 0 radical (unpaired) electrons. The maximum absolute atomic E-state index is 8.99. The molecular formula is C23H25Br2N. The zero-order valence-corrected chi connectivity index (χ0v) is 19.0. The monoisotopic (exact) mass is 473 g/mol. The maximum atomic E-state index is 8.99. The molecule has 0 aromatic heterocycles. The molecular weight excluding hydrogens is 450 g/mol. The summed E-state index contributed by atoms with van der Waals surface area (Å²) in [5.74, 6) is 0. The molecule has 0 N–H and O–H groups in total. The zero-order chi connectivity index (χ0) is 19.1. The molecule has 1 aliphatic carbocycles. The number of nitrogens with zero attached hydrogens (tertiary/aromatic N) is 1. The minimum absolute atomic E-state index is 0.146. The molecule has 0 spiro atoms. The number of alkyl halides is 2. The van der Waals surface area contributed by atoms with E-state index in [0.29, 0.717) is 5.56 Å². The molecule has 2 aromatic rings. The van der Waals surface area contributed by atoms with Crippen LogP contribution in [0.5, 0.6) is 0 Å². The smallest absolute Gasteiger partial charge is 0.0991 e. The van der Waals surface area contributed by atoms with Crippen molar-refractivity contribution in [2.24, 2.45) is 0 Å². The fraction of sp³-hybridized carbons (Fsp3) is 0.435. The lowest BCUT2D eigenvalue weighted by Crippen LogP contribution is -2.33. The summed E-state index contributed by atoms with van der Waals surface area (Å²) in [6.07, 6.45) is 2.45. The van der Waals surface area contributed by atoms with Crippen molar-refractivity contribution in [2.75, 3.05) is 0 Å². The van der Waals surface area contributed by atoms with Crippen molar-refractivity contribution in [1.82, 2.24) is 0 Å². The lowest BCUT2D eigenvalue weighted by atomic mass is 9.63. The Balaban J connectivity index is 1.95. The first-order chi connectivity index (χ1) is 12.2. The number of benzene rings is 2. The number of rotatable bonds is 3. The highest BCUT2D eigenvalue weighted by molar-refractivity contribution is 9.12. The Morgan fingerprint density at radius 2 is 1.31 bits per heavy atom. The third kappa shape index (κ3) is 3.64.